The molecule has 0 atom stereocenters. The number of ether oxygens (including phenoxy) is 2. The van der Waals surface area contributed by atoms with Gasteiger partial charge in [-0.3, -0.25) is 9.59 Å². The Morgan fingerprint density at radius 1 is 0.515 bits per heavy atom. The minimum Gasteiger partial charge on any atom is -0.450 e. The Kier molecular flexibility index (Phi) is 11.8. The smallest absolute Gasteiger partial charge is 0.409 e. The molecule has 0 saturated carbocycles. The maximum atomic E-state index is 12.4. The molecule has 2 heterocycles. The highest BCUT2D eigenvalue weighted by molar-refractivity contribution is 5.77. The second kappa shape index (κ2) is 14.6. The Morgan fingerprint density at radius 2 is 0.818 bits per heavy atom. The quantitative estimate of drug-likeness (QED) is 0.456. The molecule has 2 saturated heterocycles. The SMILES string of the molecule is CCOC(=O)N1CCN(C(=O)CCCCCCCC(=O)N2CCN(C(=O)OCC)CC2)CC1. The first-order valence-electron chi connectivity index (χ1n) is 12.3. The molecule has 10 heteroatoms. The third-order valence-corrected chi connectivity index (χ3v) is 6.10. The highest BCUT2D eigenvalue weighted by atomic mass is 16.6. The summed E-state index contributed by atoms with van der Waals surface area (Å²) in [6.07, 6.45) is 5.10. The van der Waals surface area contributed by atoms with E-state index >= 15 is 0 Å². The molecule has 33 heavy (non-hydrogen) atoms. The number of amides is 4. The van der Waals surface area contributed by atoms with Crippen LogP contribution < -0.4 is 0 Å². The van der Waals surface area contributed by atoms with E-state index in [9.17, 15) is 19.2 Å². The van der Waals surface area contributed by atoms with Gasteiger partial charge in [-0.25, -0.2) is 9.59 Å². The van der Waals surface area contributed by atoms with Crippen molar-refractivity contribution in [3.63, 3.8) is 0 Å². The van der Waals surface area contributed by atoms with Crippen molar-refractivity contribution in [2.75, 3.05) is 65.6 Å². The molecule has 2 aliphatic rings. The van der Waals surface area contributed by atoms with E-state index in [1.54, 1.807) is 23.6 Å². The van der Waals surface area contributed by atoms with E-state index in [0.717, 1.165) is 32.1 Å². The van der Waals surface area contributed by atoms with Gasteiger partial charge in [-0.2, -0.15) is 0 Å². The van der Waals surface area contributed by atoms with Gasteiger partial charge in [-0.15, -0.1) is 0 Å². The summed E-state index contributed by atoms with van der Waals surface area (Å²) in [5.41, 5.74) is 0. The van der Waals surface area contributed by atoms with Crippen LogP contribution in [0.25, 0.3) is 0 Å². The Morgan fingerprint density at radius 3 is 1.15 bits per heavy atom. The zero-order valence-electron chi connectivity index (χ0n) is 20.3. The average Bonchev–Trinajstić information content (AvgIpc) is 2.83. The van der Waals surface area contributed by atoms with Crippen LogP contribution in [0.4, 0.5) is 9.59 Å². The van der Waals surface area contributed by atoms with E-state index < -0.39 is 0 Å². The second-order valence-corrected chi connectivity index (χ2v) is 8.40. The molecule has 2 aliphatic heterocycles. The van der Waals surface area contributed by atoms with Crippen LogP contribution in [0.15, 0.2) is 0 Å². The Balaban J connectivity index is 1.48. The molecule has 4 amide bonds. The normalized spacial score (nSPS) is 16.5. The zero-order valence-corrected chi connectivity index (χ0v) is 20.3. The molecule has 0 unspecified atom stereocenters. The number of nitrogens with zero attached hydrogens (tertiary/aromatic N) is 4. The van der Waals surface area contributed by atoms with Crippen molar-refractivity contribution < 1.29 is 28.7 Å². The van der Waals surface area contributed by atoms with E-state index in [0.29, 0.717) is 78.4 Å². The van der Waals surface area contributed by atoms with E-state index in [1.165, 1.54) is 0 Å². The molecule has 188 valence electrons. The third kappa shape index (κ3) is 9.09. The maximum Gasteiger partial charge on any atom is 0.409 e. The van der Waals surface area contributed by atoms with Crippen molar-refractivity contribution in [1.82, 2.24) is 19.6 Å². The van der Waals surface area contributed by atoms with Gasteiger partial charge in [0.05, 0.1) is 13.2 Å². The molecule has 2 rings (SSSR count). The van der Waals surface area contributed by atoms with Gasteiger partial charge in [0.15, 0.2) is 0 Å². The Hall–Kier alpha value is -2.52. The summed E-state index contributed by atoms with van der Waals surface area (Å²) < 4.78 is 10.00. The standard InChI is InChI=1S/C23H40N4O6/c1-3-32-22(30)26-16-12-24(13-17-26)20(28)10-8-6-5-7-9-11-21(29)25-14-18-27(19-15-25)23(31)33-4-2/h3-19H2,1-2H3. The van der Waals surface area contributed by atoms with Gasteiger partial charge in [0, 0.05) is 65.2 Å². The molecule has 0 N–H and O–H groups in total. The molecular weight excluding hydrogens is 428 g/mol. The van der Waals surface area contributed by atoms with Crippen molar-refractivity contribution in [2.24, 2.45) is 0 Å². The minimum atomic E-state index is -0.304. The molecule has 0 aromatic heterocycles. The fourth-order valence-corrected chi connectivity index (χ4v) is 4.11. The summed E-state index contributed by atoms with van der Waals surface area (Å²) in [5, 5.41) is 0. The van der Waals surface area contributed by atoms with Crippen LogP contribution in [-0.2, 0) is 19.1 Å². The highest BCUT2D eigenvalue weighted by Crippen LogP contribution is 2.12. The van der Waals surface area contributed by atoms with Gasteiger partial charge in [0.25, 0.3) is 0 Å². The van der Waals surface area contributed by atoms with E-state index in [2.05, 4.69) is 0 Å². The van der Waals surface area contributed by atoms with Gasteiger partial charge in [0.1, 0.15) is 0 Å². The lowest BCUT2D eigenvalue weighted by Gasteiger charge is -2.34. The van der Waals surface area contributed by atoms with E-state index in [1.807, 2.05) is 9.80 Å². The van der Waals surface area contributed by atoms with E-state index in [-0.39, 0.29) is 24.0 Å². The Labute approximate surface area is 197 Å². The van der Waals surface area contributed by atoms with Crippen LogP contribution in [-0.4, -0.2) is 109 Å². The lowest BCUT2D eigenvalue weighted by Crippen LogP contribution is -2.50. The van der Waals surface area contributed by atoms with Crippen molar-refractivity contribution in [3.8, 4) is 0 Å². The van der Waals surface area contributed by atoms with Crippen LogP contribution in [0, 0.1) is 0 Å². The van der Waals surface area contributed by atoms with Crippen LogP contribution in [0.1, 0.15) is 58.8 Å². The number of hydrogen-bond acceptors (Lipinski definition) is 6. The molecule has 0 spiro atoms. The lowest BCUT2D eigenvalue weighted by molar-refractivity contribution is -0.133. The second-order valence-electron chi connectivity index (χ2n) is 8.40. The molecule has 10 nitrogen and oxygen atoms in total. The zero-order chi connectivity index (χ0) is 24.1. The highest BCUT2D eigenvalue weighted by Gasteiger charge is 2.25. The van der Waals surface area contributed by atoms with Crippen LogP contribution in [0.5, 0.6) is 0 Å². The molecule has 0 aliphatic carbocycles. The molecule has 0 bridgehead atoms. The summed E-state index contributed by atoms with van der Waals surface area (Å²) in [7, 11) is 0. The fourth-order valence-electron chi connectivity index (χ4n) is 4.11. The van der Waals surface area contributed by atoms with Crippen molar-refractivity contribution >= 4 is 24.0 Å². The number of carbonyl (C=O) groups is 4. The molecule has 0 aromatic rings. The van der Waals surface area contributed by atoms with Gasteiger partial charge >= 0.3 is 12.2 Å². The summed E-state index contributed by atoms with van der Waals surface area (Å²) in [6.45, 7) is 8.64. The number of piperazine rings is 2. The average molecular weight is 469 g/mol. The van der Waals surface area contributed by atoms with Crippen molar-refractivity contribution in [1.29, 1.82) is 0 Å². The lowest BCUT2D eigenvalue weighted by atomic mass is 10.1. The van der Waals surface area contributed by atoms with Gasteiger partial charge < -0.3 is 29.1 Å². The number of unbranched alkanes of at least 4 members (excludes halogenated alkanes) is 4. The van der Waals surface area contributed by atoms with Crippen LogP contribution in [0.2, 0.25) is 0 Å². The van der Waals surface area contributed by atoms with Gasteiger partial charge in [-0.05, 0) is 26.7 Å². The number of carbonyl (C=O) groups excluding carboxylic acids is 4. The fraction of sp³-hybridized carbons (Fsp3) is 0.826. The minimum absolute atomic E-state index is 0.149. The first kappa shape index (κ1) is 26.7. The van der Waals surface area contributed by atoms with Crippen LogP contribution >= 0.6 is 0 Å². The third-order valence-electron chi connectivity index (χ3n) is 6.10. The summed E-state index contributed by atoms with van der Waals surface area (Å²) in [6, 6.07) is 0. The number of rotatable bonds is 10. The molecule has 0 aromatic carbocycles. The van der Waals surface area contributed by atoms with Gasteiger partial charge in [0.2, 0.25) is 11.8 Å². The molecule has 2 fully saturated rings. The first-order chi connectivity index (χ1) is 16.0. The number of hydrogen-bond donors (Lipinski definition) is 0. The predicted octanol–water partition coefficient (Wildman–Crippen LogP) is 2.32. The summed E-state index contributed by atoms with van der Waals surface area (Å²) >= 11 is 0. The largest absolute Gasteiger partial charge is 0.450 e. The first-order valence-corrected chi connectivity index (χ1v) is 12.3. The Bertz CT molecular complexity index is 589. The topological polar surface area (TPSA) is 99.7 Å². The summed E-state index contributed by atoms with van der Waals surface area (Å²) in [4.78, 5) is 55.1. The summed E-state index contributed by atoms with van der Waals surface area (Å²) in [5.74, 6) is 0.297. The van der Waals surface area contributed by atoms with Crippen molar-refractivity contribution in [2.45, 2.75) is 58.8 Å². The predicted molar refractivity (Wildman–Crippen MR) is 123 cm³/mol. The maximum absolute atomic E-state index is 12.4. The molecular formula is C23H40N4O6. The van der Waals surface area contributed by atoms with Gasteiger partial charge in [-0.1, -0.05) is 19.3 Å². The monoisotopic (exact) mass is 468 g/mol. The molecule has 0 radical (unpaired) electrons. The van der Waals surface area contributed by atoms with Crippen LogP contribution in [0.3, 0.4) is 0 Å². The van der Waals surface area contributed by atoms with Crippen molar-refractivity contribution in [3.05, 3.63) is 0 Å². The van der Waals surface area contributed by atoms with E-state index in [4.69, 9.17) is 9.47 Å².